The zero-order valence-electron chi connectivity index (χ0n) is 12.3. The maximum Gasteiger partial charge on any atom is 0.270 e. The molecule has 0 unspecified atom stereocenters. The minimum atomic E-state index is -0.430. The molecule has 0 saturated heterocycles. The number of amides is 1. The fourth-order valence-corrected chi connectivity index (χ4v) is 3.15. The molecule has 1 aromatic heterocycles. The number of nitro groups is 1. The van der Waals surface area contributed by atoms with Crippen molar-refractivity contribution in [1.29, 1.82) is 0 Å². The Morgan fingerprint density at radius 3 is 2.95 bits per heavy atom. The van der Waals surface area contributed by atoms with Crippen LogP contribution in [0.2, 0.25) is 0 Å². The zero-order valence-corrected chi connectivity index (χ0v) is 13.1. The van der Waals surface area contributed by atoms with Crippen LogP contribution in [0.4, 0.5) is 5.69 Å². The summed E-state index contributed by atoms with van der Waals surface area (Å²) in [6, 6.07) is 4.65. The second kappa shape index (κ2) is 7.13. The second-order valence-corrected chi connectivity index (χ2v) is 5.81. The quantitative estimate of drug-likeness (QED) is 0.465. The van der Waals surface area contributed by atoms with E-state index in [1.165, 1.54) is 23.5 Å². The number of non-ortho nitro benzene ring substituents is 1. The Labute approximate surface area is 131 Å². The van der Waals surface area contributed by atoms with Crippen LogP contribution in [0.1, 0.15) is 26.2 Å². The lowest BCUT2D eigenvalue weighted by atomic mass is 10.2. The van der Waals surface area contributed by atoms with Crippen molar-refractivity contribution in [3.8, 4) is 0 Å². The fourth-order valence-electron chi connectivity index (χ4n) is 2.06. The van der Waals surface area contributed by atoms with Crippen molar-refractivity contribution in [2.75, 3.05) is 0 Å². The summed E-state index contributed by atoms with van der Waals surface area (Å²) in [5, 5.41) is 10.9. The topological polar surface area (TPSA) is 77.5 Å². The summed E-state index contributed by atoms with van der Waals surface area (Å²) in [5.74, 6) is -0.166. The van der Waals surface area contributed by atoms with Gasteiger partial charge in [-0.15, -0.1) is 6.58 Å². The van der Waals surface area contributed by atoms with Gasteiger partial charge in [0.15, 0.2) is 4.80 Å². The predicted molar refractivity (Wildman–Crippen MR) is 86.8 cm³/mol. The summed E-state index contributed by atoms with van der Waals surface area (Å²) in [5.41, 5.74) is 0.848. The molecule has 7 heteroatoms. The molecule has 1 aromatic carbocycles. The zero-order chi connectivity index (χ0) is 16.1. The Morgan fingerprint density at radius 2 is 2.32 bits per heavy atom. The standard InChI is InChI=1S/C15H17N3O3S/c1-3-5-6-14(19)16-15-17(9-4-2)12-8-7-11(18(20)21)10-13(12)22-15/h4,7-8,10H,2-3,5-6,9H2,1H3. The van der Waals surface area contributed by atoms with Crippen LogP contribution in [0.5, 0.6) is 0 Å². The summed E-state index contributed by atoms with van der Waals surface area (Å²) >= 11 is 1.28. The number of thiazole rings is 1. The van der Waals surface area contributed by atoms with Crippen molar-refractivity contribution in [2.24, 2.45) is 4.99 Å². The Hall–Kier alpha value is -2.28. The van der Waals surface area contributed by atoms with Crippen LogP contribution in [0, 0.1) is 10.1 Å². The Bertz CT molecular complexity index is 789. The molecule has 0 bridgehead atoms. The number of unbranched alkanes of at least 4 members (excludes halogenated alkanes) is 1. The second-order valence-electron chi connectivity index (χ2n) is 4.80. The molecule has 6 nitrogen and oxygen atoms in total. The molecule has 0 saturated carbocycles. The Morgan fingerprint density at radius 1 is 1.55 bits per heavy atom. The highest BCUT2D eigenvalue weighted by Crippen LogP contribution is 2.23. The van der Waals surface area contributed by atoms with E-state index in [2.05, 4.69) is 11.6 Å². The maximum absolute atomic E-state index is 11.9. The van der Waals surface area contributed by atoms with Gasteiger partial charge in [0.05, 0.1) is 15.1 Å². The summed E-state index contributed by atoms with van der Waals surface area (Å²) in [4.78, 5) is 27.0. The van der Waals surface area contributed by atoms with Crippen molar-refractivity contribution >= 4 is 33.1 Å². The van der Waals surface area contributed by atoms with Gasteiger partial charge in [-0.25, -0.2) is 0 Å². The third-order valence-electron chi connectivity index (χ3n) is 3.15. The first-order chi connectivity index (χ1) is 10.6. The number of nitrogens with zero attached hydrogens (tertiary/aromatic N) is 3. The molecule has 0 radical (unpaired) electrons. The highest BCUT2D eigenvalue weighted by molar-refractivity contribution is 7.16. The van der Waals surface area contributed by atoms with Gasteiger partial charge in [0, 0.05) is 25.1 Å². The van der Waals surface area contributed by atoms with Gasteiger partial charge in [-0.3, -0.25) is 14.9 Å². The van der Waals surface area contributed by atoms with Crippen LogP contribution in [-0.4, -0.2) is 15.4 Å². The largest absolute Gasteiger partial charge is 0.312 e. The summed E-state index contributed by atoms with van der Waals surface area (Å²) in [7, 11) is 0. The first kappa shape index (κ1) is 16.1. The first-order valence-electron chi connectivity index (χ1n) is 7.03. The summed E-state index contributed by atoms with van der Waals surface area (Å²) in [6.07, 6.45) is 3.87. The highest BCUT2D eigenvalue weighted by Gasteiger charge is 2.12. The minimum absolute atomic E-state index is 0.0309. The number of nitro benzene ring substituents is 1. The molecule has 0 aliphatic rings. The van der Waals surface area contributed by atoms with Crippen LogP contribution in [0.15, 0.2) is 35.8 Å². The smallest absolute Gasteiger partial charge is 0.270 e. The normalized spacial score (nSPS) is 11.8. The molecule has 0 aliphatic carbocycles. The molecule has 0 fully saturated rings. The number of carbonyl (C=O) groups is 1. The molecule has 0 N–H and O–H groups in total. The van der Waals surface area contributed by atoms with Gasteiger partial charge in [0.2, 0.25) is 5.91 Å². The van der Waals surface area contributed by atoms with E-state index in [-0.39, 0.29) is 11.6 Å². The first-order valence-corrected chi connectivity index (χ1v) is 7.84. The number of aromatic nitrogens is 1. The maximum atomic E-state index is 11.9. The van der Waals surface area contributed by atoms with Gasteiger partial charge in [0.25, 0.3) is 5.69 Å². The van der Waals surface area contributed by atoms with Crippen molar-refractivity contribution in [2.45, 2.75) is 32.7 Å². The van der Waals surface area contributed by atoms with Gasteiger partial charge in [-0.2, -0.15) is 4.99 Å². The molecule has 1 heterocycles. The van der Waals surface area contributed by atoms with Crippen LogP contribution >= 0.6 is 11.3 Å². The Kier molecular flexibility index (Phi) is 5.21. The average Bonchev–Trinajstić information content (AvgIpc) is 2.82. The van der Waals surface area contributed by atoms with E-state index in [0.29, 0.717) is 17.8 Å². The van der Waals surface area contributed by atoms with E-state index in [9.17, 15) is 14.9 Å². The van der Waals surface area contributed by atoms with Gasteiger partial charge in [0.1, 0.15) is 0 Å². The molecular weight excluding hydrogens is 302 g/mol. The highest BCUT2D eigenvalue weighted by atomic mass is 32.1. The number of rotatable bonds is 6. The number of benzene rings is 1. The van der Waals surface area contributed by atoms with E-state index < -0.39 is 4.92 Å². The van der Waals surface area contributed by atoms with E-state index in [1.54, 1.807) is 12.1 Å². The van der Waals surface area contributed by atoms with Crippen LogP contribution in [-0.2, 0) is 11.3 Å². The predicted octanol–water partition coefficient (Wildman–Crippen LogP) is 3.41. The number of fused-ring (bicyclic) bond motifs is 1. The Balaban J connectivity index is 2.54. The third kappa shape index (κ3) is 3.48. The molecule has 116 valence electrons. The molecule has 0 aliphatic heterocycles. The molecule has 2 aromatic rings. The minimum Gasteiger partial charge on any atom is -0.312 e. The van der Waals surface area contributed by atoms with Crippen LogP contribution in [0.25, 0.3) is 10.2 Å². The fraction of sp³-hybridized carbons (Fsp3) is 0.333. The van der Waals surface area contributed by atoms with Crippen LogP contribution < -0.4 is 4.80 Å². The van der Waals surface area contributed by atoms with Crippen LogP contribution in [0.3, 0.4) is 0 Å². The van der Waals surface area contributed by atoms with Gasteiger partial charge >= 0.3 is 0 Å². The van der Waals surface area contributed by atoms with Crippen molar-refractivity contribution < 1.29 is 9.72 Å². The molecular formula is C15H17N3O3S. The molecule has 0 spiro atoms. The molecule has 0 atom stereocenters. The third-order valence-corrected chi connectivity index (χ3v) is 4.19. The molecule has 2 rings (SSSR count). The van der Waals surface area contributed by atoms with E-state index in [0.717, 1.165) is 23.1 Å². The van der Waals surface area contributed by atoms with Gasteiger partial charge < -0.3 is 4.57 Å². The lowest BCUT2D eigenvalue weighted by molar-refractivity contribution is -0.384. The summed E-state index contributed by atoms with van der Waals surface area (Å²) < 4.78 is 2.58. The van der Waals surface area contributed by atoms with E-state index in [4.69, 9.17) is 0 Å². The van der Waals surface area contributed by atoms with E-state index >= 15 is 0 Å². The van der Waals surface area contributed by atoms with Crippen molar-refractivity contribution in [1.82, 2.24) is 4.57 Å². The average molecular weight is 319 g/mol. The lowest BCUT2D eigenvalue weighted by Gasteiger charge is -2.00. The van der Waals surface area contributed by atoms with Gasteiger partial charge in [-0.05, 0) is 12.5 Å². The van der Waals surface area contributed by atoms with E-state index in [1.807, 2.05) is 11.5 Å². The van der Waals surface area contributed by atoms with Crippen molar-refractivity contribution in [3.05, 3.63) is 45.8 Å². The lowest BCUT2D eigenvalue weighted by Crippen LogP contribution is -2.16. The SMILES string of the molecule is C=CCn1c(=NC(=O)CCCC)sc2cc([N+](=O)[O-])ccc21. The number of hydrogen-bond acceptors (Lipinski definition) is 4. The van der Waals surface area contributed by atoms with Crippen molar-refractivity contribution in [3.63, 3.8) is 0 Å². The number of allylic oxidation sites excluding steroid dienone is 1. The monoisotopic (exact) mass is 319 g/mol. The summed E-state index contributed by atoms with van der Waals surface area (Å²) in [6.45, 7) is 6.22. The molecule has 22 heavy (non-hydrogen) atoms. The number of hydrogen-bond donors (Lipinski definition) is 0. The van der Waals surface area contributed by atoms with Gasteiger partial charge in [-0.1, -0.05) is 30.8 Å². The molecule has 1 amide bonds. The number of carbonyl (C=O) groups excluding carboxylic acids is 1.